The third-order valence-corrected chi connectivity index (χ3v) is 4.68. The van der Waals surface area contributed by atoms with Crippen molar-refractivity contribution in [2.24, 2.45) is 0 Å². The van der Waals surface area contributed by atoms with Gasteiger partial charge in [-0.2, -0.15) is 15.5 Å². The van der Waals surface area contributed by atoms with Gasteiger partial charge in [-0.05, 0) is 52.0 Å². The molecule has 0 atom stereocenters. The molecule has 0 unspecified atom stereocenters. The lowest BCUT2D eigenvalue weighted by molar-refractivity contribution is -0.143. The fourth-order valence-electron chi connectivity index (χ4n) is 3.15. The fraction of sp³-hybridized carbons (Fsp3) is 0.545. The second-order valence-electron chi connectivity index (χ2n) is 8.16. The minimum absolute atomic E-state index is 0.000407. The molecule has 0 bridgehead atoms. The molecular weight excluding hydrogens is 412 g/mol. The van der Waals surface area contributed by atoms with Crippen molar-refractivity contribution < 1.29 is 19.1 Å². The molecule has 1 aromatic carbocycles. The zero-order valence-electron chi connectivity index (χ0n) is 19.1. The van der Waals surface area contributed by atoms with Gasteiger partial charge in [0.25, 0.3) is 0 Å². The lowest BCUT2D eigenvalue weighted by Gasteiger charge is -2.37. The molecule has 0 aromatic heterocycles. The van der Waals surface area contributed by atoms with E-state index in [1.165, 1.54) is 0 Å². The summed E-state index contributed by atoms with van der Waals surface area (Å²) in [5.41, 5.74) is 0.934. The molecule has 1 amide bonds. The van der Waals surface area contributed by atoms with E-state index in [2.05, 4.69) is 4.90 Å². The monoisotopic (exact) mass is 442 g/mol. The number of anilines is 2. The predicted octanol–water partition coefficient (Wildman–Crippen LogP) is 2.68. The lowest BCUT2D eigenvalue weighted by Crippen LogP contribution is -2.50. The Hall–Kier alpha value is -3.66. The van der Waals surface area contributed by atoms with Crippen molar-refractivity contribution in [1.29, 1.82) is 10.5 Å². The molecule has 1 aliphatic rings. The van der Waals surface area contributed by atoms with Gasteiger partial charge in [0.2, 0.25) is 12.4 Å². The van der Waals surface area contributed by atoms with Crippen LogP contribution in [0.5, 0.6) is 0 Å². The first-order valence-corrected chi connectivity index (χ1v) is 10.5. The van der Waals surface area contributed by atoms with E-state index in [0.717, 1.165) is 15.7 Å². The molecule has 10 nitrogen and oxygen atoms in total. The summed E-state index contributed by atoms with van der Waals surface area (Å²) in [5.74, 6) is -0.425. The smallest absolute Gasteiger partial charge is 0.410 e. The normalized spacial score (nSPS) is 13.6. The van der Waals surface area contributed by atoms with Crippen molar-refractivity contribution in [3.8, 4) is 12.4 Å². The molecule has 0 saturated carbocycles. The summed E-state index contributed by atoms with van der Waals surface area (Å²) < 4.78 is 10.3. The molecule has 10 heteroatoms. The first kappa shape index (κ1) is 24.6. The maximum atomic E-state index is 12.2. The fourth-order valence-corrected chi connectivity index (χ4v) is 3.15. The Morgan fingerprint density at radius 2 is 1.69 bits per heavy atom. The summed E-state index contributed by atoms with van der Waals surface area (Å²) in [6.07, 6.45) is 3.59. The summed E-state index contributed by atoms with van der Waals surface area (Å²) in [4.78, 5) is 27.6. The first-order valence-electron chi connectivity index (χ1n) is 10.5. The number of carbonyl (C=O) groups excluding carboxylic acids is 2. The number of ether oxygens (including phenoxy) is 2. The summed E-state index contributed by atoms with van der Waals surface area (Å²) >= 11 is 0. The number of hydrogen-bond acceptors (Lipinski definition) is 9. The van der Waals surface area contributed by atoms with Gasteiger partial charge in [-0.25, -0.2) is 9.80 Å². The highest BCUT2D eigenvalue weighted by Crippen LogP contribution is 2.23. The molecule has 1 fully saturated rings. The van der Waals surface area contributed by atoms with Crippen LogP contribution >= 0.6 is 0 Å². The van der Waals surface area contributed by atoms with Crippen LogP contribution in [-0.4, -0.2) is 66.9 Å². The maximum Gasteiger partial charge on any atom is 0.410 e. The standard InChI is InChI=1S/C22H30N6O4/c1-5-31-20(29)10-11-27(16-23)28(17-24)19-8-6-18(7-9-19)25-12-14-26(15-13-25)21(30)32-22(2,3)4/h6-9H,5,10-15H2,1-4H3. The van der Waals surface area contributed by atoms with Crippen molar-refractivity contribution >= 4 is 23.4 Å². The van der Waals surface area contributed by atoms with Crippen LogP contribution in [0.4, 0.5) is 16.2 Å². The van der Waals surface area contributed by atoms with Crippen LogP contribution in [0.25, 0.3) is 0 Å². The van der Waals surface area contributed by atoms with Crippen LogP contribution in [0.1, 0.15) is 34.1 Å². The Labute approximate surface area is 189 Å². The minimum Gasteiger partial charge on any atom is -0.466 e. The number of amides is 1. The summed E-state index contributed by atoms with van der Waals surface area (Å²) in [6.45, 7) is 9.97. The van der Waals surface area contributed by atoms with E-state index in [-0.39, 0.29) is 25.7 Å². The van der Waals surface area contributed by atoms with Crippen LogP contribution in [0.15, 0.2) is 24.3 Å². The highest BCUT2D eigenvalue weighted by molar-refractivity contribution is 5.70. The summed E-state index contributed by atoms with van der Waals surface area (Å²) in [5, 5.41) is 21.2. The van der Waals surface area contributed by atoms with Crippen LogP contribution < -0.4 is 9.91 Å². The molecule has 1 aliphatic heterocycles. The number of piperazine rings is 1. The third kappa shape index (κ3) is 6.95. The van der Waals surface area contributed by atoms with Crippen LogP contribution in [-0.2, 0) is 14.3 Å². The SMILES string of the molecule is CCOC(=O)CCN(C#N)N(C#N)c1ccc(N2CCN(C(=O)OC(C)(C)C)CC2)cc1. The van der Waals surface area contributed by atoms with Crippen LogP contribution in [0.2, 0.25) is 0 Å². The van der Waals surface area contributed by atoms with Gasteiger partial charge in [0.15, 0.2) is 0 Å². The van der Waals surface area contributed by atoms with E-state index in [4.69, 9.17) is 9.47 Å². The molecule has 0 aliphatic carbocycles. The van der Waals surface area contributed by atoms with Crippen molar-refractivity contribution in [1.82, 2.24) is 9.91 Å². The van der Waals surface area contributed by atoms with Gasteiger partial charge in [-0.15, -0.1) is 0 Å². The minimum atomic E-state index is -0.524. The number of carbonyl (C=O) groups is 2. The number of nitrogens with zero attached hydrogens (tertiary/aromatic N) is 6. The van der Waals surface area contributed by atoms with E-state index < -0.39 is 11.6 Å². The molecule has 0 radical (unpaired) electrons. The van der Waals surface area contributed by atoms with Gasteiger partial charge in [-0.3, -0.25) is 4.79 Å². The molecule has 172 valence electrons. The van der Waals surface area contributed by atoms with Gasteiger partial charge < -0.3 is 19.3 Å². The van der Waals surface area contributed by atoms with E-state index in [1.54, 1.807) is 24.0 Å². The van der Waals surface area contributed by atoms with Crippen molar-refractivity contribution in [2.75, 3.05) is 49.2 Å². The predicted molar refractivity (Wildman–Crippen MR) is 118 cm³/mol. The summed E-state index contributed by atoms with van der Waals surface area (Å²) in [7, 11) is 0. The van der Waals surface area contributed by atoms with Gasteiger partial charge in [0.05, 0.1) is 25.3 Å². The van der Waals surface area contributed by atoms with Crippen LogP contribution in [0.3, 0.4) is 0 Å². The molecule has 0 N–H and O–H groups in total. The Balaban J connectivity index is 1.97. The topological polar surface area (TPSA) is 113 Å². The second-order valence-corrected chi connectivity index (χ2v) is 8.16. The molecule has 2 rings (SSSR count). The second kappa shape index (κ2) is 11.1. The average Bonchev–Trinajstić information content (AvgIpc) is 2.76. The average molecular weight is 443 g/mol. The summed E-state index contributed by atoms with van der Waals surface area (Å²) in [6, 6.07) is 7.22. The van der Waals surface area contributed by atoms with Crippen molar-refractivity contribution in [2.45, 2.75) is 39.7 Å². The molecular formula is C22H30N6O4. The van der Waals surface area contributed by atoms with Crippen molar-refractivity contribution in [3.63, 3.8) is 0 Å². The number of esters is 1. The Kier molecular flexibility index (Phi) is 8.54. The zero-order valence-corrected chi connectivity index (χ0v) is 19.1. The van der Waals surface area contributed by atoms with Gasteiger partial charge in [0, 0.05) is 31.9 Å². The van der Waals surface area contributed by atoms with Crippen LogP contribution in [0, 0.1) is 22.9 Å². The number of rotatable bonds is 7. The van der Waals surface area contributed by atoms with Gasteiger partial charge in [-0.1, -0.05) is 0 Å². The molecule has 1 saturated heterocycles. The maximum absolute atomic E-state index is 12.2. The Bertz CT molecular complexity index is 860. The number of benzene rings is 1. The molecule has 1 heterocycles. The Morgan fingerprint density at radius 3 is 2.19 bits per heavy atom. The van der Waals surface area contributed by atoms with Gasteiger partial charge in [0.1, 0.15) is 5.60 Å². The van der Waals surface area contributed by atoms with Crippen molar-refractivity contribution in [3.05, 3.63) is 24.3 Å². The quantitative estimate of drug-likeness (QED) is 0.272. The number of hydrazine groups is 1. The van der Waals surface area contributed by atoms with E-state index >= 15 is 0 Å². The first-order chi connectivity index (χ1) is 15.2. The lowest BCUT2D eigenvalue weighted by atomic mass is 10.2. The van der Waals surface area contributed by atoms with E-state index in [9.17, 15) is 20.1 Å². The number of hydrogen-bond donors (Lipinski definition) is 0. The number of nitriles is 2. The van der Waals surface area contributed by atoms with E-state index in [1.807, 2.05) is 45.3 Å². The third-order valence-electron chi connectivity index (χ3n) is 4.68. The molecule has 32 heavy (non-hydrogen) atoms. The molecule has 1 aromatic rings. The Morgan fingerprint density at radius 1 is 1.06 bits per heavy atom. The van der Waals surface area contributed by atoms with Gasteiger partial charge >= 0.3 is 12.1 Å². The van der Waals surface area contributed by atoms with E-state index in [0.29, 0.717) is 31.9 Å². The highest BCUT2D eigenvalue weighted by atomic mass is 16.6. The highest BCUT2D eigenvalue weighted by Gasteiger charge is 2.26. The zero-order chi connectivity index (χ0) is 23.7. The molecule has 0 spiro atoms. The largest absolute Gasteiger partial charge is 0.466 e.